The molecule has 0 aliphatic rings. The van der Waals surface area contributed by atoms with Crippen molar-refractivity contribution in [2.45, 2.75) is 328 Å². The fourth-order valence-corrected chi connectivity index (χ4v) is 9.08. The van der Waals surface area contributed by atoms with Gasteiger partial charge >= 0.3 is 5.97 Å². The summed E-state index contributed by atoms with van der Waals surface area (Å²) < 4.78 is 5.47. The molecule has 0 saturated carbocycles. The molecule has 6 heteroatoms. The predicted octanol–water partition coefficient (Wildman–Crippen LogP) is 18.4. The first kappa shape index (κ1) is 65.1. The third-order valence-electron chi connectivity index (χ3n) is 13.7. The van der Waals surface area contributed by atoms with Crippen LogP contribution in [0.15, 0.2) is 36.5 Å². The second-order valence-corrected chi connectivity index (χ2v) is 20.3. The number of aliphatic hydroxyl groups is 2. The second kappa shape index (κ2) is 56.7. The van der Waals surface area contributed by atoms with Gasteiger partial charge in [-0.3, -0.25) is 9.59 Å². The average Bonchev–Trinajstić information content (AvgIpc) is 3.33. The highest BCUT2D eigenvalue weighted by atomic mass is 16.5. The molecule has 0 aliphatic carbocycles. The van der Waals surface area contributed by atoms with Gasteiger partial charge < -0.3 is 20.3 Å². The Morgan fingerprint density at radius 3 is 1.18 bits per heavy atom. The largest absolute Gasteiger partial charge is 0.466 e. The summed E-state index contributed by atoms with van der Waals surface area (Å²) in [4.78, 5) is 24.5. The zero-order valence-electron chi connectivity index (χ0n) is 44.9. The quantitative estimate of drug-likeness (QED) is 0.0321. The summed E-state index contributed by atoms with van der Waals surface area (Å²) in [5.74, 6) is -0.0508. The number of hydrogen-bond acceptors (Lipinski definition) is 5. The number of rotatable bonds is 55. The zero-order valence-corrected chi connectivity index (χ0v) is 44.9. The lowest BCUT2D eigenvalue weighted by Crippen LogP contribution is -2.45. The van der Waals surface area contributed by atoms with Crippen LogP contribution in [0.4, 0.5) is 0 Å². The maximum atomic E-state index is 12.5. The maximum absolute atomic E-state index is 12.5. The summed E-state index contributed by atoms with van der Waals surface area (Å²) in [5, 5.41) is 23.3. The minimum atomic E-state index is -0.670. The van der Waals surface area contributed by atoms with E-state index in [9.17, 15) is 19.8 Å². The number of nitrogens with one attached hydrogen (secondary N) is 1. The van der Waals surface area contributed by atoms with Crippen molar-refractivity contribution >= 4 is 11.9 Å². The summed E-state index contributed by atoms with van der Waals surface area (Å²) in [7, 11) is 0. The number of amides is 1. The Morgan fingerprint density at radius 2 is 0.746 bits per heavy atom. The third kappa shape index (κ3) is 53.3. The molecular formula is C61H115NO5. The van der Waals surface area contributed by atoms with E-state index in [1.807, 2.05) is 0 Å². The van der Waals surface area contributed by atoms with Gasteiger partial charge in [-0.25, -0.2) is 0 Å². The molecule has 0 rings (SSSR count). The first-order chi connectivity index (χ1) is 33.0. The molecule has 0 aromatic heterocycles. The monoisotopic (exact) mass is 942 g/mol. The Hall–Kier alpha value is -1.92. The van der Waals surface area contributed by atoms with E-state index in [0.29, 0.717) is 25.9 Å². The van der Waals surface area contributed by atoms with Gasteiger partial charge in [0.1, 0.15) is 0 Å². The summed E-state index contributed by atoms with van der Waals surface area (Å²) in [6.07, 6.45) is 69.9. The van der Waals surface area contributed by atoms with Crippen molar-refractivity contribution < 1.29 is 24.5 Å². The van der Waals surface area contributed by atoms with Gasteiger partial charge in [-0.1, -0.05) is 256 Å². The van der Waals surface area contributed by atoms with Crippen LogP contribution in [-0.2, 0) is 14.3 Å². The van der Waals surface area contributed by atoms with Gasteiger partial charge in [0.15, 0.2) is 0 Å². The van der Waals surface area contributed by atoms with Crippen LogP contribution in [0.5, 0.6) is 0 Å². The normalized spacial score (nSPS) is 12.8. The molecule has 0 radical (unpaired) electrons. The number of allylic oxidation sites excluding steroid dienone is 6. The van der Waals surface area contributed by atoms with Crippen molar-refractivity contribution in [3.05, 3.63) is 36.5 Å². The third-order valence-corrected chi connectivity index (χ3v) is 13.7. The highest BCUT2D eigenvalue weighted by molar-refractivity contribution is 5.76. The minimum Gasteiger partial charge on any atom is -0.466 e. The molecule has 0 saturated heterocycles. The van der Waals surface area contributed by atoms with E-state index in [1.54, 1.807) is 0 Å². The van der Waals surface area contributed by atoms with Crippen molar-refractivity contribution in [3.8, 4) is 0 Å². The van der Waals surface area contributed by atoms with E-state index < -0.39 is 12.1 Å². The molecule has 2 unspecified atom stereocenters. The van der Waals surface area contributed by atoms with Crippen molar-refractivity contribution in [2.75, 3.05) is 13.2 Å². The van der Waals surface area contributed by atoms with E-state index in [4.69, 9.17) is 4.74 Å². The number of hydrogen-bond donors (Lipinski definition) is 3. The predicted molar refractivity (Wildman–Crippen MR) is 292 cm³/mol. The van der Waals surface area contributed by atoms with Crippen LogP contribution in [0.25, 0.3) is 0 Å². The highest BCUT2D eigenvalue weighted by Crippen LogP contribution is 2.17. The van der Waals surface area contributed by atoms with Crippen LogP contribution in [0.1, 0.15) is 316 Å². The van der Waals surface area contributed by atoms with Crippen LogP contribution in [0.2, 0.25) is 0 Å². The van der Waals surface area contributed by atoms with Gasteiger partial charge in [0, 0.05) is 12.8 Å². The fourth-order valence-electron chi connectivity index (χ4n) is 9.08. The Morgan fingerprint density at radius 1 is 0.418 bits per heavy atom. The molecular weight excluding hydrogens is 827 g/mol. The molecule has 0 aliphatic heterocycles. The smallest absolute Gasteiger partial charge is 0.305 e. The van der Waals surface area contributed by atoms with Gasteiger partial charge in [-0.05, 0) is 83.5 Å². The van der Waals surface area contributed by atoms with Crippen LogP contribution in [0, 0.1) is 0 Å². The Labute approximate surface area is 417 Å². The van der Waals surface area contributed by atoms with E-state index in [1.165, 1.54) is 231 Å². The van der Waals surface area contributed by atoms with Crippen LogP contribution in [0.3, 0.4) is 0 Å². The van der Waals surface area contributed by atoms with Gasteiger partial charge in [0.25, 0.3) is 0 Å². The first-order valence-electron chi connectivity index (χ1n) is 29.7. The van der Waals surface area contributed by atoms with Crippen LogP contribution in [-0.4, -0.2) is 47.4 Å². The maximum Gasteiger partial charge on any atom is 0.305 e. The first-order valence-corrected chi connectivity index (χ1v) is 29.7. The van der Waals surface area contributed by atoms with Gasteiger partial charge in [-0.15, -0.1) is 0 Å². The molecule has 394 valence electrons. The van der Waals surface area contributed by atoms with Crippen molar-refractivity contribution in [3.63, 3.8) is 0 Å². The molecule has 0 fully saturated rings. The van der Waals surface area contributed by atoms with E-state index >= 15 is 0 Å². The summed E-state index contributed by atoms with van der Waals surface area (Å²) in [6, 6.07) is -0.548. The molecule has 2 atom stereocenters. The van der Waals surface area contributed by atoms with E-state index in [0.717, 1.165) is 51.4 Å². The summed E-state index contributed by atoms with van der Waals surface area (Å²) >= 11 is 0. The molecule has 3 N–H and O–H groups in total. The Balaban J connectivity index is 3.44. The second-order valence-electron chi connectivity index (χ2n) is 20.3. The molecule has 0 aromatic carbocycles. The number of carbonyl (C=O) groups excluding carboxylic acids is 2. The summed E-state index contributed by atoms with van der Waals surface area (Å²) in [5.41, 5.74) is 0. The Kier molecular flexibility index (Phi) is 55.0. The van der Waals surface area contributed by atoms with Crippen LogP contribution >= 0.6 is 0 Å². The topological polar surface area (TPSA) is 95.9 Å². The van der Waals surface area contributed by atoms with Crippen molar-refractivity contribution in [1.82, 2.24) is 5.32 Å². The minimum absolute atomic E-state index is 0.00781. The fraction of sp³-hybridized carbons (Fsp3) is 0.869. The van der Waals surface area contributed by atoms with Gasteiger partial charge in [-0.2, -0.15) is 0 Å². The standard InChI is InChI=1S/C61H115NO5/c1-3-5-7-9-11-13-15-17-25-29-33-37-41-45-49-53-59(64)58(57-63)62-60(65)54-50-46-42-38-34-30-27-23-21-19-20-22-24-28-32-36-40-44-48-52-56-67-61(66)55-51-47-43-39-35-31-26-18-16-14-12-10-8-6-4-2/h12,14,18-19,21,26,58-59,63-64H,3-11,13,15-17,20,22-25,27-57H2,1-2H3,(H,62,65)/b14-12-,21-19-,26-18-. The number of unbranched alkanes of at least 4 members (excludes halogenated alkanes) is 38. The number of ether oxygens (including phenoxy) is 1. The lowest BCUT2D eigenvalue weighted by atomic mass is 10.0. The zero-order chi connectivity index (χ0) is 48.6. The molecule has 0 spiro atoms. The molecule has 1 amide bonds. The molecule has 0 bridgehead atoms. The highest BCUT2D eigenvalue weighted by Gasteiger charge is 2.20. The average molecular weight is 943 g/mol. The van der Waals surface area contributed by atoms with Gasteiger partial charge in [0.2, 0.25) is 5.91 Å². The summed E-state index contributed by atoms with van der Waals surface area (Å²) in [6.45, 7) is 4.92. The number of esters is 1. The lowest BCUT2D eigenvalue weighted by Gasteiger charge is -2.22. The van der Waals surface area contributed by atoms with E-state index in [2.05, 4.69) is 55.6 Å². The number of carbonyl (C=O) groups is 2. The molecule has 6 nitrogen and oxygen atoms in total. The lowest BCUT2D eigenvalue weighted by molar-refractivity contribution is -0.143. The molecule has 0 heterocycles. The van der Waals surface area contributed by atoms with Crippen molar-refractivity contribution in [2.24, 2.45) is 0 Å². The number of aliphatic hydroxyl groups excluding tert-OH is 2. The molecule has 67 heavy (non-hydrogen) atoms. The van der Waals surface area contributed by atoms with Crippen LogP contribution < -0.4 is 5.32 Å². The van der Waals surface area contributed by atoms with Gasteiger partial charge in [0.05, 0.1) is 25.4 Å². The van der Waals surface area contributed by atoms with Crippen molar-refractivity contribution in [1.29, 1.82) is 0 Å². The SMILES string of the molecule is CCCCC/C=C\C/C=C\CCCCCCCC(=O)OCCCCCCCCCCC/C=C\CCCCCCCCCC(=O)NC(CO)C(O)CCCCCCCCCCCCCCCCC. The van der Waals surface area contributed by atoms with E-state index in [-0.39, 0.29) is 18.5 Å². The molecule has 0 aromatic rings. The Bertz CT molecular complexity index is 1090.